The van der Waals surface area contributed by atoms with Crippen LogP contribution in [0, 0.1) is 16.7 Å². The van der Waals surface area contributed by atoms with E-state index in [0.717, 1.165) is 6.42 Å². The number of carboxylic acids is 1. The van der Waals surface area contributed by atoms with Crippen LogP contribution in [0.5, 0.6) is 0 Å². The molecule has 2 rings (SSSR count). The largest absolute Gasteiger partial charge is 0.481 e. The van der Waals surface area contributed by atoms with Crippen molar-refractivity contribution >= 4 is 5.97 Å². The fourth-order valence-electron chi connectivity index (χ4n) is 3.45. The molecule has 2 aliphatic rings. The first-order valence-corrected chi connectivity index (χ1v) is 4.84. The van der Waals surface area contributed by atoms with Crippen LogP contribution in [0.15, 0.2) is 0 Å². The van der Waals surface area contributed by atoms with Crippen molar-refractivity contribution in [2.75, 3.05) is 0 Å². The van der Waals surface area contributed by atoms with Crippen molar-refractivity contribution < 1.29 is 15.0 Å². The van der Waals surface area contributed by atoms with Gasteiger partial charge in [0.2, 0.25) is 0 Å². The van der Waals surface area contributed by atoms with Crippen LogP contribution in [0.25, 0.3) is 0 Å². The molecule has 2 bridgehead atoms. The summed E-state index contributed by atoms with van der Waals surface area (Å²) >= 11 is 0. The Balaban J connectivity index is 2.49. The van der Waals surface area contributed by atoms with Crippen molar-refractivity contribution in [1.82, 2.24) is 0 Å². The van der Waals surface area contributed by atoms with Gasteiger partial charge in [-0.2, -0.15) is 0 Å². The van der Waals surface area contributed by atoms with Crippen molar-refractivity contribution in [3.63, 3.8) is 0 Å². The molecule has 0 aliphatic heterocycles. The maximum absolute atomic E-state index is 11.2. The maximum atomic E-state index is 11.2. The van der Waals surface area contributed by atoms with Crippen molar-refractivity contribution in [1.29, 1.82) is 0 Å². The van der Waals surface area contributed by atoms with Gasteiger partial charge in [-0.25, -0.2) is 0 Å². The zero-order chi connectivity index (χ0) is 9.85. The Kier molecular flexibility index (Phi) is 1.57. The van der Waals surface area contributed by atoms with Crippen LogP contribution in [-0.2, 0) is 4.79 Å². The number of aliphatic hydroxyl groups excluding tert-OH is 1. The molecule has 74 valence electrons. The first kappa shape index (κ1) is 9.00. The van der Waals surface area contributed by atoms with Gasteiger partial charge in [0.05, 0.1) is 11.5 Å². The molecular formula is C10H16O3. The van der Waals surface area contributed by atoms with Crippen molar-refractivity contribution in [3.05, 3.63) is 0 Å². The van der Waals surface area contributed by atoms with Crippen LogP contribution in [0.2, 0.25) is 0 Å². The highest BCUT2D eigenvalue weighted by Gasteiger charge is 2.68. The third-order valence-corrected chi connectivity index (χ3v) is 4.52. The summed E-state index contributed by atoms with van der Waals surface area (Å²) in [5, 5.41) is 19.0. The van der Waals surface area contributed by atoms with Gasteiger partial charge in [0, 0.05) is 0 Å². The summed E-state index contributed by atoms with van der Waals surface area (Å²) in [6.07, 6.45) is 1.62. The predicted molar refractivity (Wildman–Crippen MR) is 47.2 cm³/mol. The molecule has 0 aromatic rings. The van der Waals surface area contributed by atoms with Crippen LogP contribution in [-0.4, -0.2) is 22.3 Å². The van der Waals surface area contributed by atoms with Gasteiger partial charge in [0.15, 0.2) is 0 Å². The lowest BCUT2D eigenvalue weighted by Crippen LogP contribution is -2.45. The Hall–Kier alpha value is -0.570. The van der Waals surface area contributed by atoms with E-state index in [-0.39, 0.29) is 5.41 Å². The first-order chi connectivity index (χ1) is 5.93. The third-order valence-electron chi connectivity index (χ3n) is 4.52. The summed E-state index contributed by atoms with van der Waals surface area (Å²) in [6.45, 7) is 3.96. The second-order valence-electron chi connectivity index (χ2n) is 4.99. The van der Waals surface area contributed by atoms with E-state index in [2.05, 4.69) is 0 Å². The fraction of sp³-hybridized carbons (Fsp3) is 0.900. The quantitative estimate of drug-likeness (QED) is 0.645. The van der Waals surface area contributed by atoms with Gasteiger partial charge in [-0.3, -0.25) is 4.79 Å². The number of aliphatic carboxylic acids is 1. The Morgan fingerprint density at radius 2 is 2.08 bits per heavy atom. The number of fused-ring (bicyclic) bond motifs is 2. The summed E-state index contributed by atoms with van der Waals surface area (Å²) in [5.74, 6) is -0.427. The van der Waals surface area contributed by atoms with E-state index in [1.165, 1.54) is 0 Å². The van der Waals surface area contributed by atoms with E-state index in [1.54, 1.807) is 0 Å². The van der Waals surface area contributed by atoms with E-state index in [0.29, 0.717) is 18.8 Å². The molecule has 3 atom stereocenters. The second-order valence-corrected chi connectivity index (χ2v) is 4.99. The van der Waals surface area contributed by atoms with E-state index in [1.807, 2.05) is 13.8 Å². The summed E-state index contributed by atoms with van der Waals surface area (Å²) in [7, 11) is 0. The van der Waals surface area contributed by atoms with Gasteiger partial charge in [-0.15, -0.1) is 0 Å². The average Bonchev–Trinajstić information content (AvgIpc) is 2.35. The number of hydrogen-bond acceptors (Lipinski definition) is 2. The number of rotatable bonds is 1. The van der Waals surface area contributed by atoms with Crippen LogP contribution in [0.4, 0.5) is 0 Å². The normalized spacial score (nSPS) is 46.7. The van der Waals surface area contributed by atoms with Gasteiger partial charge in [0.25, 0.3) is 0 Å². The van der Waals surface area contributed by atoms with Gasteiger partial charge in [0.1, 0.15) is 0 Å². The Morgan fingerprint density at radius 1 is 1.46 bits per heavy atom. The second kappa shape index (κ2) is 2.27. The highest BCUT2D eigenvalue weighted by molar-refractivity contribution is 5.78. The average molecular weight is 184 g/mol. The molecule has 2 N–H and O–H groups in total. The summed E-state index contributed by atoms with van der Waals surface area (Å²) in [4.78, 5) is 11.2. The van der Waals surface area contributed by atoms with Crippen molar-refractivity contribution in [2.24, 2.45) is 16.7 Å². The Morgan fingerprint density at radius 3 is 2.31 bits per heavy atom. The maximum Gasteiger partial charge on any atom is 0.312 e. The SMILES string of the molecule is CC1(C)C2CC[C@@]1(C(=O)O)[C@H](O)C2. The molecule has 3 nitrogen and oxygen atoms in total. The number of carboxylic acid groups (broad SMARTS) is 1. The summed E-state index contributed by atoms with van der Waals surface area (Å²) in [5.41, 5.74) is -1.10. The van der Waals surface area contributed by atoms with Gasteiger partial charge < -0.3 is 10.2 Å². The summed E-state index contributed by atoms with van der Waals surface area (Å²) in [6, 6.07) is 0. The number of hydrogen-bond donors (Lipinski definition) is 2. The van der Waals surface area contributed by atoms with Crippen LogP contribution < -0.4 is 0 Å². The lowest BCUT2D eigenvalue weighted by atomic mass is 9.68. The molecule has 13 heavy (non-hydrogen) atoms. The Labute approximate surface area is 77.8 Å². The lowest BCUT2D eigenvalue weighted by Gasteiger charge is -2.35. The fourth-order valence-corrected chi connectivity index (χ4v) is 3.45. The predicted octanol–water partition coefficient (Wildman–Crippen LogP) is 1.26. The molecule has 0 aromatic heterocycles. The minimum atomic E-state index is -0.863. The van der Waals surface area contributed by atoms with E-state index >= 15 is 0 Å². The van der Waals surface area contributed by atoms with Crippen LogP contribution >= 0.6 is 0 Å². The van der Waals surface area contributed by atoms with E-state index in [4.69, 9.17) is 0 Å². The van der Waals surface area contributed by atoms with Crippen molar-refractivity contribution in [2.45, 2.75) is 39.2 Å². The molecule has 0 amide bonds. The van der Waals surface area contributed by atoms with Crippen molar-refractivity contribution in [3.8, 4) is 0 Å². The minimum absolute atomic E-state index is 0.238. The smallest absolute Gasteiger partial charge is 0.312 e. The van der Waals surface area contributed by atoms with Gasteiger partial charge in [-0.05, 0) is 30.6 Å². The van der Waals surface area contributed by atoms with Crippen LogP contribution in [0.3, 0.4) is 0 Å². The topological polar surface area (TPSA) is 57.5 Å². The number of carbonyl (C=O) groups is 1. The zero-order valence-corrected chi connectivity index (χ0v) is 8.08. The van der Waals surface area contributed by atoms with Gasteiger partial charge in [-0.1, -0.05) is 13.8 Å². The highest BCUT2D eigenvalue weighted by Crippen LogP contribution is 2.65. The molecule has 2 fully saturated rings. The van der Waals surface area contributed by atoms with Crippen LogP contribution in [0.1, 0.15) is 33.1 Å². The molecule has 1 unspecified atom stereocenters. The molecule has 2 saturated carbocycles. The molecule has 2 aliphatic carbocycles. The monoisotopic (exact) mass is 184 g/mol. The third kappa shape index (κ3) is 0.766. The molecular weight excluding hydrogens is 168 g/mol. The molecule has 0 aromatic carbocycles. The summed E-state index contributed by atoms with van der Waals surface area (Å²) < 4.78 is 0. The van der Waals surface area contributed by atoms with Gasteiger partial charge >= 0.3 is 5.97 Å². The molecule has 3 heteroatoms. The molecule has 0 radical (unpaired) electrons. The van der Waals surface area contributed by atoms with E-state index < -0.39 is 17.5 Å². The highest BCUT2D eigenvalue weighted by atomic mass is 16.4. The minimum Gasteiger partial charge on any atom is -0.481 e. The molecule has 0 spiro atoms. The number of aliphatic hydroxyl groups is 1. The Bertz CT molecular complexity index is 259. The zero-order valence-electron chi connectivity index (χ0n) is 8.08. The first-order valence-electron chi connectivity index (χ1n) is 4.84. The molecule has 0 heterocycles. The standard InChI is InChI=1S/C10H16O3/c1-9(2)6-3-4-10(9,8(12)13)7(11)5-6/h6-7,11H,3-5H2,1-2H3,(H,12,13)/t6?,7-,10+/m1/s1. The van der Waals surface area contributed by atoms with E-state index in [9.17, 15) is 15.0 Å². The lowest BCUT2D eigenvalue weighted by molar-refractivity contribution is -0.161. The molecule has 0 saturated heterocycles.